The highest BCUT2D eigenvalue weighted by Crippen LogP contribution is 2.15. The summed E-state index contributed by atoms with van der Waals surface area (Å²) in [4.78, 5) is 0. The summed E-state index contributed by atoms with van der Waals surface area (Å²) >= 11 is 0. The number of nitrogens with two attached hydrogens (primary N) is 1. The highest BCUT2D eigenvalue weighted by Gasteiger charge is 2.01. The van der Waals surface area contributed by atoms with Crippen molar-refractivity contribution >= 4 is 0 Å². The molecule has 2 rings (SSSR count). The van der Waals surface area contributed by atoms with Gasteiger partial charge in [0.1, 0.15) is 18.0 Å². The summed E-state index contributed by atoms with van der Waals surface area (Å²) in [5.74, 6) is 0.799. The maximum atomic E-state index is 9.75. The van der Waals surface area contributed by atoms with Crippen molar-refractivity contribution in [3.8, 4) is 11.5 Å². The van der Waals surface area contributed by atoms with Gasteiger partial charge < -0.3 is 20.8 Å². The van der Waals surface area contributed by atoms with E-state index in [1.807, 2.05) is 36.4 Å². The fourth-order valence-corrected chi connectivity index (χ4v) is 3.78. The van der Waals surface area contributed by atoms with Crippen molar-refractivity contribution in [1.82, 2.24) is 5.32 Å². The number of unbranched alkanes of at least 4 members (excludes halogenated alkanes) is 9. The third-order valence-electron chi connectivity index (χ3n) is 5.67. The lowest BCUT2D eigenvalue weighted by Gasteiger charge is -2.07. The van der Waals surface area contributed by atoms with E-state index < -0.39 is 0 Å². The fraction of sp³-hybridized carbons (Fsp3) is 0.538. The molecule has 0 fully saturated rings. The number of rotatable bonds is 17. The Bertz CT molecular complexity index is 631. The Balaban J connectivity index is 1.29. The molecule has 4 nitrogen and oxygen atoms in total. The van der Waals surface area contributed by atoms with Crippen molar-refractivity contribution in [3.63, 3.8) is 0 Å². The molecule has 0 radical (unpaired) electrons. The maximum absolute atomic E-state index is 9.75. The summed E-state index contributed by atoms with van der Waals surface area (Å²) in [7, 11) is 0. The van der Waals surface area contributed by atoms with E-state index in [2.05, 4.69) is 10.6 Å². The summed E-state index contributed by atoms with van der Waals surface area (Å²) in [6.07, 6.45) is 13.2. The number of nitrogens with one attached hydrogen (secondary N) is 1. The number of quaternary nitrogens is 1. The second-order valence-electron chi connectivity index (χ2n) is 8.25. The summed E-state index contributed by atoms with van der Waals surface area (Å²) in [5.41, 5.74) is 2.01. The molecule has 0 amide bonds. The topological polar surface area (TPSA) is 69.1 Å². The van der Waals surface area contributed by atoms with E-state index in [0.717, 1.165) is 37.3 Å². The lowest BCUT2D eigenvalue weighted by atomic mass is 10.1. The summed E-state index contributed by atoms with van der Waals surface area (Å²) in [5, 5.41) is 25.2. The van der Waals surface area contributed by atoms with E-state index in [4.69, 9.17) is 0 Å². The second kappa shape index (κ2) is 15.8. The number of phenols is 2. The van der Waals surface area contributed by atoms with Crippen LogP contribution in [-0.4, -0.2) is 23.3 Å². The zero-order valence-electron chi connectivity index (χ0n) is 18.5. The number of hydrogen-bond acceptors (Lipinski definition) is 3. The van der Waals surface area contributed by atoms with E-state index in [1.54, 1.807) is 12.1 Å². The van der Waals surface area contributed by atoms with Crippen LogP contribution in [0.1, 0.15) is 75.3 Å². The number of phenolic OH excluding ortho intramolecular Hbond substituents is 2. The average molecular weight is 414 g/mol. The third kappa shape index (κ3) is 10.7. The minimum absolute atomic E-state index is 0.385. The molecule has 0 atom stereocenters. The Morgan fingerprint density at radius 2 is 1.10 bits per heavy atom. The molecule has 0 aromatic heterocycles. The fourth-order valence-electron chi connectivity index (χ4n) is 3.78. The minimum atomic E-state index is 0.385. The van der Waals surface area contributed by atoms with Gasteiger partial charge in [-0.25, -0.2) is 0 Å². The minimum Gasteiger partial charge on any atom is -0.508 e. The second-order valence-corrected chi connectivity index (χ2v) is 8.25. The van der Waals surface area contributed by atoms with Gasteiger partial charge in [-0.2, -0.15) is 0 Å². The van der Waals surface area contributed by atoms with Gasteiger partial charge in [-0.1, -0.05) is 75.3 Å². The molecule has 0 spiro atoms. The van der Waals surface area contributed by atoms with Crippen LogP contribution in [0.25, 0.3) is 0 Å². The van der Waals surface area contributed by atoms with Gasteiger partial charge in [0, 0.05) is 17.7 Å². The molecule has 0 heterocycles. The highest BCUT2D eigenvalue weighted by molar-refractivity contribution is 5.31. The van der Waals surface area contributed by atoms with Crippen molar-refractivity contribution in [2.45, 2.75) is 77.3 Å². The zero-order valence-corrected chi connectivity index (χ0v) is 18.5. The first-order valence-electron chi connectivity index (χ1n) is 11.8. The summed E-state index contributed by atoms with van der Waals surface area (Å²) < 4.78 is 0. The van der Waals surface area contributed by atoms with Crippen molar-refractivity contribution < 1.29 is 15.5 Å². The Morgan fingerprint density at radius 3 is 1.70 bits per heavy atom. The van der Waals surface area contributed by atoms with E-state index in [0.29, 0.717) is 11.5 Å². The quantitative estimate of drug-likeness (QED) is 0.280. The van der Waals surface area contributed by atoms with Gasteiger partial charge in [0.25, 0.3) is 0 Å². The molecule has 0 bridgehead atoms. The highest BCUT2D eigenvalue weighted by atomic mass is 16.3. The van der Waals surface area contributed by atoms with Crippen LogP contribution in [0.2, 0.25) is 0 Å². The Hall–Kier alpha value is -2.04. The normalized spacial score (nSPS) is 11.1. The lowest BCUT2D eigenvalue weighted by molar-refractivity contribution is -0.671. The molecule has 0 saturated heterocycles. The largest absolute Gasteiger partial charge is 0.508 e. The van der Waals surface area contributed by atoms with Gasteiger partial charge >= 0.3 is 0 Å². The van der Waals surface area contributed by atoms with Crippen molar-refractivity contribution in [3.05, 3.63) is 59.7 Å². The summed E-state index contributed by atoms with van der Waals surface area (Å²) in [6, 6.07) is 15.2. The molecule has 4 heteroatoms. The van der Waals surface area contributed by atoms with Crippen LogP contribution in [-0.2, 0) is 13.1 Å². The predicted molar refractivity (Wildman–Crippen MR) is 125 cm³/mol. The van der Waals surface area contributed by atoms with Crippen LogP contribution in [0.5, 0.6) is 11.5 Å². The number of aromatic hydroxyl groups is 2. The number of hydrogen-bond donors (Lipinski definition) is 4. The molecular weight excluding hydrogens is 372 g/mol. The standard InChI is InChI=1S/C26H40N2O2/c29-25-17-11-9-15-23(25)21-27-19-13-7-5-3-1-2-4-6-8-14-20-28-22-24-16-10-12-18-26(24)30/h9-12,15-18,27-30H,1-8,13-14,19-22H2/p+1. The zero-order chi connectivity index (χ0) is 21.3. The van der Waals surface area contributed by atoms with Gasteiger partial charge in [0.15, 0.2) is 0 Å². The monoisotopic (exact) mass is 413 g/mol. The number of benzene rings is 2. The van der Waals surface area contributed by atoms with Crippen molar-refractivity contribution in [2.75, 3.05) is 13.1 Å². The Kier molecular flexibility index (Phi) is 12.7. The SMILES string of the molecule is Oc1ccccc1CNCCCCCCCCCCCC[NH2+]Cc1ccccc1O. The molecule has 0 saturated carbocycles. The van der Waals surface area contributed by atoms with E-state index >= 15 is 0 Å². The predicted octanol–water partition coefficient (Wildman–Crippen LogP) is 4.85. The van der Waals surface area contributed by atoms with Crippen LogP contribution in [0.15, 0.2) is 48.5 Å². The van der Waals surface area contributed by atoms with Crippen LogP contribution in [0.3, 0.4) is 0 Å². The molecular formula is C26H41N2O2+. The molecule has 0 aliphatic rings. The summed E-state index contributed by atoms with van der Waals surface area (Å²) in [6.45, 7) is 3.79. The van der Waals surface area contributed by atoms with E-state index in [-0.39, 0.29) is 0 Å². The van der Waals surface area contributed by atoms with Crippen LogP contribution in [0, 0.1) is 0 Å². The van der Waals surface area contributed by atoms with Gasteiger partial charge in [-0.05, 0) is 44.0 Å². The van der Waals surface area contributed by atoms with Gasteiger partial charge in [-0.3, -0.25) is 0 Å². The van der Waals surface area contributed by atoms with Crippen LogP contribution >= 0.6 is 0 Å². The third-order valence-corrected chi connectivity index (χ3v) is 5.67. The Labute approximate surface area is 182 Å². The molecule has 30 heavy (non-hydrogen) atoms. The molecule has 0 unspecified atom stereocenters. The molecule has 2 aromatic carbocycles. The molecule has 166 valence electrons. The maximum Gasteiger partial charge on any atom is 0.124 e. The first kappa shape index (κ1) is 24.2. The number of para-hydroxylation sites is 2. The van der Waals surface area contributed by atoms with Gasteiger partial charge in [0.05, 0.1) is 6.54 Å². The average Bonchev–Trinajstić information content (AvgIpc) is 2.76. The molecule has 5 N–H and O–H groups in total. The van der Waals surface area contributed by atoms with Crippen LogP contribution in [0.4, 0.5) is 0 Å². The van der Waals surface area contributed by atoms with E-state index in [1.165, 1.54) is 64.2 Å². The first-order valence-corrected chi connectivity index (χ1v) is 11.8. The van der Waals surface area contributed by atoms with E-state index in [9.17, 15) is 10.2 Å². The van der Waals surface area contributed by atoms with Crippen LogP contribution < -0.4 is 10.6 Å². The molecule has 0 aliphatic carbocycles. The van der Waals surface area contributed by atoms with Gasteiger partial charge in [-0.15, -0.1) is 0 Å². The first-order chi connectivity index (χ1) is 14.8. The van der Waals surface area contributed by atoms with Crippen molar-refractivity contribution in [2.24, 2.45) is 0 Å². The van der Waals surface area contributed by atoms with Crippen molar-refractivity contribution in [1.29, 1.82) is 0 Å². The smallest absolute Gasteiger partial charge is 0.124 e. The lowest BCUT2D eigenvalue weighted by Crippen LogP contribution is -2.82. The molecule has 2 aromatic rings. The molecule has 0 aliphatic heterocycles. The van der Waals surface area contributed by atoms with Gasteiger partial charge in [0.2, 0.25) is 0 Å². The Morgan fingerprint density at radius 1 is 0.600 bits per heavy atom.